The fourth-order valence-corrected chi connectivity index (χ4v) is 5.48. The number of carbonyl (C=O) groups excluding carboxylic acids is 1. The fourth-order valence-electron chi connectivity index (χ4n) is 5.48. The van der Waals surface area contributed by atoms with Crippen LogP contribution >= 0.6 is 0 Å². The van der Waals surface area contributed by atoms with Crippen molar-refractivity contribution in [2.24, 2.45) is 5.73 Å². The molecule has 17 nitrogen and oxygen atoms in total. The number of esters is 1. The van der Waals surface area contributed by atoms with Crippen LogP contribution in [0.15, 0.2) is 60.8 Å². The normalized spacial score (nSPS) is 16.6. The third-order valence-corrected chi connectivity index (χ3v) is 8.00. The van der Waals surface area contributed by atoms with Gasteiger partial charge >= 0.3 is 5.97 Å². The Morgan fingerprint density at radius 3 is 2.09 bits per heavy atom. The van der Waals surface area contributed by atoms with Gasteiger partial charge in [-0.15, -0.1) is 5.10 Å². The standard InChI is InChI=1S/C36H44N4O13/c37-7-10-48-13-15-50-17-16-49-14-12-47-9-6-25-22-40(39-38-25)8-11-51-34-31-27(42)20-26(41)21-30(31)52-33(24-18-28(43)32(45)29(44)19-24)35(34)53-36(46)23-4-2-1-3-5-23/h1-5,18-22,33-35,41-45H,6-17,37H2. The Hall–Kier alpha value is -5.17. The molecule has 0 spiro atoms. The van der Waals surface area contributed by atoms with Gasteiger partial charge in [-0.05, 0) is 24.3 Å². The number of aromatic hydroxyl groups is 5. The Labute approximate surface area is 304 Å². The third kappa shape index (κ3) is 10.9. The molecule has 3 aromatic carbocycles. The lowest BCUT2D eigenvalue weighted by molar-refractivity contribution is -0.112. The maximum absolute atomic E-state index is 13.4. The van der Waals surface area contributed by atoms with E-state index in [2.05, 4.69) is 10.3 Å². The van der Waals surface area contributed by atoms with E-state index in [1.165, 1.54) is 6.07 Å². The number of aromatic nitrogens is 3. The van der Waals surface area contributed by atoms with Crippen LogP contribution in [-0.2, 0) is 41.4 Å². The molecule has 1 aromatic heterocycles. The zero-order valence-electron chi connectivity index (χ0n) is 28.9. The van der Waals surface area contributed by atoms with E-state index in [1.54, 1.807) is 41.2 Å². The number of fused-ring (bicyclic) bond motifs is 1. The zero-order chi connectivity index (χ0) is 37.6. The third-order valence-electron chi connectivity index (χ3n) is 8.00. The summed E-state index contributed by atoms with van der Waals surface area (Å²) in [5.74, 6) is -3.49. The van der Waals surface area contributed by atoms with Gasteiger partial charge in [0.15, 0.2) is 29.5 Å². The summed E-state index contributed by atoms with van der Waals surface area (Å²) in [7, 11) is 0. The monoisotopic (exact) mass is 740 g/mol. The molecule has 7 N–H and O–H groups in total. The molecule has 1 aliphatic rings. The second-order valence-corrected chi connectivity index (χ2v) is 11.8. The number of rotatable bonds is 21. The van der Waals surface area contributed by atoms with Gasteiger partial charge in [-0.1, -0.05) is 23.4 Å². The predicted molar refractivity (Wildman–Crippen MR) is 185 cm³/mol. The summed E-state index contributed by atoms with van der Waals surface area (Å²) in [6.45, 7) is 4.28. The number of carbonyl (C=O) groups is 1. The van der Waals surface area contributed by atoms with E-state index in [1.807, 2.05) is 0 Å². The highest BCUT2D eigenvalue weighted by atomic mass is 16.6. The van der Waals surface area contributed by atoms with Crippen LogP contribution in [0, 0.1) is 0 Å². The number of hydrogen-bond donors (Lipinski definition) is 6. The minimum Gasteiger partial charge on any atom is -0.508 e. The first-order chi connectivity index (χ1) is 25.7. The van der Waals surface area contributed by atoms with Crippen molar-refractivity contribution in [1.82, 2.24) is 15.0 Å². The molecule has 0 amide bonds. The molecule has 3 atom stereocenters. The number of benzene rings is 3. The number of phenolic OH excluding ortho intramolecular Hbond substituents is 5. The summed E-state index contributed by atoms with van der Waals surface area (Å²) in [6, 6.07) is 12.8. The number of phenols is 5. The zero-order valence-corrected chi connectivity index (χ0v) is 28.9. The molecular formula is C36H44N4O13. The van der Waals surface area contributed by atoms with Crippen molar-refractivity contribution in [3.05, 3.63) is 83.2 Å². The van der Waals surface area contributed by atoms with E-state index >= 15 is 0 Å². The summed E-state index contributed by atoms with van der Waals surface area (Å²) in [6.07, 6.45) is -1.50. The summed E-state index contributed by atoms with van der Waals surface area (Å²) in [5, 5.41) is 60.2. The number of ether oxygens (including phenoxy) is 7. The van der Waals surface area contributed by atoms with Gasteiger partial charge in [0, 0.05) is 36.9 Å². The first-order valence-electron chi connectivity index (χ1n) is 17.0. The van der Waals surface area contributed by atoms with E-state index in [-0.39, 0.29) is 47.1 Å². The highest BCUT2D eigenvalue weighted by Gasteiger charge is 2.45. The highest BCUT2D eigenvalue weighted by Crippen LogP contribution is 2.51. The van der Waals surface area contributed by atoms with Crippen molar-refractivity contribution in [2.45, 2.75) is 31.3 Å². The molecule has 5 rings (SSSR count). The quantitative estimate of drug-likeness (QED) is 0.0409. The maximum Gasteiger partial charge on any atom is 0.338 e. The van der Waals surface area contributed by atoms with E-state index < -0.39 is 41.5 Å². The maximum atomic E-state index is 13.4. The van der Waals surface area contributed by atoms with Gasteiger partial charge in [-0.25, -0.2) is 9.48 Å². The molecule has 17 heteroatoms. The SMILES string of the molecule is NCCOCCOCCOCCOCCc1cn(CCOC2c3c(O)cc(O)cc3OC(c3cc(O)c(O)c(O)c3)C2OC(=O)c2ccccc2)nn1. The van der Waals surface area contributed by atoms with Crippen LogP contribution in [-0.4, -0.2) is 119 Å². The molecule has 286 valence electrons. The average molecular weight is 741 g/mol. The lowest BCUT2D eigenvalue weighted by Crippen LogP contribution is -2.39. The summed E-state index contributed by atoms with van der Waals surface area (Å²) >= 11 is 0. The number of nitrogens with zero attached hydrogens (tertiary/aromatic N) is 3. The second kappa shape index (κ2) is 19.6. The molecule has 0 saturated carbocycles. The van der Waals surface area contributed by atoms with E-state index in [4.69, 9.17) is 38.9 Å². The molecule has 0 fully saturated rings. The van der Waals surface area contributed by atoms with Crippen LogP contribution in [0.2, 0.25) is 0 Å². The first kappa shape index (κ1) is 39.0. The van der Waals surface area contributed by atoms with Crippen LogP contribution in [0.5, 0.6) is 34.5 Å². The van der Waals surface area contributed by atoms with Crippen molar-refractivity contribution in [2.75, 3.05) is 66.0 Å². The molecule has 4 aromatic rings. The smallest absolute Gasteiger partial charge is 0.338 e. The van der Waals surface area contributed by atoms with Crippen LogP contribution in [0.1, 0.15) is 39.4 Å². The summed E-state index contributed by atoms with van der Waals surface area (Å²) in [5.41, 5.74) is 6.46. The van der Waals surface area contributed by atoms with Crippen LogP contribution in [0.4, 0.5) is 0 Å². The number of hydrogen-bond acceptors (Lipinski definition) is 16. The van der Waals surface area contributed by atoms with Gasteiger partial charge in [0.25, 0.3) is 0 Å². The predicted octanol–water partition coefficient (Wildman–Crippen LogP) is 2.49. The topological polar surface area (TPSA) is 240 Å². The molecule has 0 saturated heterocycles. The minimum absolute atomic E-state index is 0.00231. The highest BCUT2D eigenvalue weighted by molar-refractivity contribution is 5.89. The van der Waals surface area contributed by atoms with Crippen LogP contribution < -0.4 is 10.5 Å². The van der Waals surface area contributed by atoms with Gasteiger partial charge in [-0.3, -0.25) is 0 Å². The first-order valence-corrected chi connectivity index (χ1v) is 17.0. The van der Waals surface area contributed by atoms with Crippen molar-refractivity contribution < 1.29 is 63.5 Å². The van der Waals surface area contributed by atoms with E-state index in [0.29, 0.717) is 71.5 Å². The fraction of sp³-hybridized carbons (Fsp3) is 0.417. The molecule has 0 bridgehead atoms. The van der Waals surface area contributed by atoms with Gasteiger partial charge in [0.2, 0.25) is 0 Å². The van der Waals surface area contributed by atoms with Gasteiger partial charge < -0.3 is 64.4 Å². The lowest BCUT2D eigenvalue weighted by atomic mass is 9.90. The molecule has 53 heavy (non-hydrogen) atoms. The largest absolute Gasteiger partial charge is 0.508 e. The molecular weight excluding hydrogens is 696 g/mol. The molecule has 1 aliphatic heterocycles. The Morgan fingerprint density at radius 2 is 1.43 bits per heavy atom. The lowest BCUT2D eigenvalue weighted by Gasteiger charge is -2.39. The molecule has 0 aliphatic carbocycles. The Bertz CT molecular complexity index is 1730. The van der Waals surface area contributed by atoms with Crippen molar-refractivity contribution in [3.8, 4) is 34.5 Å². The van der Waals surface area contributed by atoms with Crippen molar-refractivity contribution >= 4 is 5.97 Å². The van der Waals surface area contributed by atoms with Crippen molar-refractivity contribution in [3.63, 3.8) is 0 Å². The van der Waals surface area contributed by atoms with Crippen molar-refractivity contribution in [1.29, 1.82) is 0 Å². The van der Waals surface area contributed by atoms with Gasteiger partial charge in [0.1, 0.15) is 23.4 Å². The van der Waals surface area contributed by atoms with Crippen LogP contribution in [0.3, 0.4) is 0 Å². The van der Waals surface area contributed by atoms with Gasteiger partial charge in [0.05, 0.1) is 82.8 Å². The summed E-state index contributed by atoms with van der Waals surface area (Å²) in [4.78, 5) is 13.4. The number of nitrogens with two attached hydrogens (primary N) is 1. The Balaban J connectivity index is 1.20. The molecule has 2 heterocycles. The molecule has 0 radical (unpaired) electrons. The second-order valence-electron chi connectivity index (χ2n) is 11.8. The summed E-state index contributed by atoms with van der Waals surface area (Å²) < 4.78 is 41.7. The van der Waals surface area contributed by atoms with Crippen LogP contribution in [0.25, 0.3) is 0 Å². The van der Waals surface area contributed by atoms with Gasteiger partial charge in [-0.2, -0.15) is 0 Å². The van der Waals surface area contributed by atoms with E-state index in [0.717, 1.165) is 18.2 Å². The van der Waals surface area contributed by atoms with E-state index in [9.17, 15) is 30.3 Å². The molecule has 3 unspecified atom stereocenters. The Kier molecular flexibility index (Phi) is 14.4. The Morgan fingerprint density at radius 1 is 0.792 bits per heavy atom. The minimum atomic E-state index is -1.31. The average Bonchev–Trinajstić information content (AvgIpc) is 3.60.